The standard InChI is InChI=1S/C23H21N5OS/c1-15-12-13-24-23(25-15)30-14-20(29)28-22-21(17-8-4-3-5-9-17)16(2)26-18-10-6-7-11-19(18)27-22/h3-13,21H,14H2,1-2H3,(H,27,28,29)/t21-/m1/s1. The number of hydrogen-bond donors (Lipinski definition) is 1. The van der Waals surface area contributed by atoms with Gasteiger partial charge in [0.2, 0.25) is 5.91 Å². The molecule has 1 aromatic heterocycles. The van der Waals surface area contributed by atoms with E-state index in [0.29, 0.717) is 11.0 Å². The van der Waals surface area contributed by atoms with Gasteiger partial charge in [0.1, 0.15) is 5.84 Å². The number of para-hydroxylation sites is 2. The first-order valence-corrected chi connectivity index (χ1v) is 10.6. The lowest BCUT2D eigenvalue weighted by Crippen LogP contribution is -2.38. The van der Waals surface area contributed by atoms with Crippen LogP contribution in [0.3, 0.4) is 0 Å². The quantitative estimate of drug-likeness (QED) is 0.498. The minimum atomic E-state index is -0.234. The molecule has 1 atom stereocenters. The van der Waals surface area contributed by atoms with E-state index in [1.54, 1.807) is 6.20 Å². The molecule has 150 valence electrons. The minimum Gasteiger partial charge on any atom is -0.313 e. The first kappa shape index (κ1) is 20.0. The van der Waals surface area contributed by atoms with E-state index in [0.717, 1.165) is 28.3 Å². The third-order valence-corrected chi connectivity index (χ3v) is 5.48. The fourth-order valence-electron chi connectivity index (χ4n) is 3.25. The first-order chi connectivity index (χ1) is 14.6. The van der Waals surface area contributed by atoms with E-state index in [1.807, 2.05) is 74.5 Å². The van der Waals surface area contributed by atoms with Crippen LogP contribution < -0.4 is 5.32 Å². The zero-order valence-corrected chi connectivity index (χ0v) is 17.6. The van der Waals surface area contributed by atoms with Crippen LogP contribution in [0.15, 0.2) is 82.0 Å². The van der Waals surface area contributed by atoms with Crippen molar-refractivity contribution in [2.45, 2.75) is 24.9 Å². The summed E-state index contributed by atoms with van der Waals surface area (Å²) in [6.45, 7) is 3.87. The number of hydrogen-bond acceptors (Lipinski definition) is 6. The summed E-state index contributed by atoms with van der Waals surface area (Å²) in [6, 6.07) is 19.5. The number of rotatable bonds is 4. The van der Waals surface area contributed by atoms with Crippen LogP contribution in [-0.2, 0) is 4.79 Å². The number of aryl methyl sites for hydroxylation is 1. The maximum Gasteiger partial charge on any atom is 0.235 e. The SMILES string of the molecule is CC1=Nc2ccccc2N=C(NC(=O)CSc2nccc(C)n2)[C@H]1c1ccccc1. The third kappa shape index (κ3) is 4.63. The molecule has 0 spiro atoms. The second-order valence-electron chi connectivity index (χ2n) is 6.90. The fraction of sp³-hybridized carbons (Fsp3) is 0.174. The molecule has 0 radical (unpaired) electrons. The van der Waals surface area contributed by atoms with Gasteiger partial charge in [-0.25, -0.2) is 15.0 Å². The number of aliphatic imine (C=N–C) groups is 2. The van der Waals surface area contributed by atoms with E-state index in [1.165, 1.54) is 11.8 Å². The van der Waals surface area contributed by atoms with Gasteiger partial charge in [-0.15, -0.1) is 0 Å². The monoisotopic (exact) mass is 415 g/mol. The molecule has 2 heterocycles. The van der Waals surface area contributed by atoms with Crippen molar-refractivity contribution in [1.82, 2.24) is 15.3 Å². The summed E-state index contributed by atoms with van der Waals surface area (Å²) in [5, 5.41) is 3.60. The average molecular weight is 416 g/mol. The average Bonchev–Trinajstić information content (AvgIpc) is 2.88. The second-order valence-corrected chi connectivity index (χ2v) is 7.84. The lowest BCUT2D eigenvalue weighted by molar-refractivity contribution is -0.117. The number of carbonyl (C=O) groups excluding carboxylic acids is 1. The van der Waals surface area contributed by atoms with Crippen molar-refractivity contribution >= 4 is 40.6 Å². The molecule has 7 heteroatoms. The molecule has 0 bridgehead atoms. The van der Waals surface area contributed by atoms with E-state index < -0.39 is 0 Å². The Morgan fingerprint density at radius 3 is 2.40 bits per heavy atom. The normalized spacial score (nSPS) is 15.5. The predicted octanol–water partition coefficient (Wildman–Crippen LogP) is 4.61. The summed E-state index contributed by atoms with van der Waals surface area (Å²) < 4.78 is 0. The number of fused-ring (bicyclic) bond motifs is 1. The molecule has 3 aromatic rings. The molecule has 4 rings (SSSR count). The highest BCUT2D eigenvalue weighted by atomic mass is 32.2. The van der Waals surface area contributed by atoms with E-state index in [-0.39, 0.29) is 17.6 Å². The lowest BCUT2D eigenvalue weighted by atomic mass is 9.93. The summed E-state index contributed by atoms with van der Waals surface area (Å²) in [5.41, 5.74) is 4.30. The van der Waals surface area contributed by atoms with E-state index >= 15 is 0 Å². The minimum absolute atomic E-state index is 0.156. The lowest BCUT2D eigenvalue weighted by Gasteiger charge is -2.19. The number of amides is 1. The van der Waals surface area contributed by atoms with Crippen LogP contribution in [0.2, 0.25) is 0 Å². The van der Waals surface area contributed by atoms with Crippen LogP contribution in [0.4, 0.5) is 11.4 Å². The summed E-state index contributed by atoms with van der Waals surface area (Å²) in [6.07, 6.45) is 1.69. The molecule has 0 fully saturated rings. The Hall–Kier alpha value is -3.32. The molecular formula is C23H21N5OS. The van der Waals surface area contributed by atoms with E-state index in [2.05, 4.69) is 15.3 Å². The largest absolute Gasteiger partial charge is 0.313 e. The molecule has 0 saturated heterocycles. The van der Waals surface area contributed by atoms with Crippen LogP contribution >= 0.6 is 11.8 Å². The maximum absolute atomic E-state index is 12.8. The zero-order valence-electron chi connectivity index (χ0n) is 16.7. The molecule has 0 saturated carbocycles. The number of aromatic nitrogens is 2. The van der Waals surface area contributed by atoms with Crippen molar-refractivity contribution < 1.29 is 4.79 Å². The van der Waals surface area contributed by atoms with Crippen LogP contribution in [0.5, 0.6) is 0 Å². The summed E-state index contributed by atoms with van der Waals surface area (Å²) in [4.78, 5) is 30.9. The van der Waals surface area contributed by atoms with Gasteiger partial charge in [-0.3, -0.25) is 9.79 Å². The summed E-state index contributed by atoms with van der Waals surface area (Å²) >= 11 is 1.30. The first-order valence-electron chi connectivity index (χ1n) is 9.60. The van der Waals surface area contributed by atoms with Gasteiger partial charge in [0.25, 0.3) is 0 Å². The van der Waals surface area contributed by atoms with Crippen molar-refractivity contribution in [3.63, 3.8) is 0 Å². The molecule has 1 aliphatic rings. The van der Waals surface area contributed by atoms with Gasteiger partial charge in [0.15, 0.2) is 5.16 Å². The maximum atomic E-state index is 12.8. The highest BCUT2D eigenvalue weighted by Crippen LogP contribution is 2.34. The Morgan fingerprint density at radius 1 is 0.967 bits per heavy atom. The number of amidine groups is 1. The van der Waals surface area contributed by atoms with Gasteiger partial charge in [-0.1, -0.05) is 54.2 Å². The molecule has 1 N–H and O–H groups in total. The predicted molar refractivity (Wildman–Crippen MR) is 121 cm³/mol. The van der Waals surface area contributed by atoms with Crippen LogP contribution in [0.25, 0.3) is 0 Å². The number of nitrogens with zero attached hydrogens (tertiary/aromatic N) is 4. The van der Waals surface area contributed by atoms with E-state index in [9.17, 15) is 4.79 Å². The Balaban J connectivity index is 1.61. The molecular weight excluding hydrogens is 394 g/mol. The molecule has 2 aromatic carbocycles. The molecule has 30 heavy (non-hydrogen) atoms. The van der Waals surface area contributed by atoms with Crippen LogP contribution in [0.1, 0.15) is 24.1 Å². The van der Waals surface area contributed by atoms with E-state index in [4.69, 9.17) is 9.98 Å². The van der Waals surface area contributed by atoms with Gasteiger partial charge in [-0.05, 0) is 37.6 Å². The van der Waals surface area contributed by atoms with Crippen molar-refractivity contribution in [1.29, 1.82) is 0 Å². The fourth-order valence-corrected chi connectivity index (χ4v) is 3.93. The van der Waals surface area contributed by atoms with Crippen LogP contribution in [-0.4, -0.2) is 33.2 Å². The molecule has 1 aliphatic heterocycles. The number of carbonyl (C=O) groups is 1. The smallest absolute Gasteiger partial charge is 0.235 e. The van der Waals surface area contributed by atoms with Gasteiger partial charge < -0.3 is 5.32 Å². The highest BCUT2D eigenvalue weighted by molar-refractivity contribution is 7.99. The Kier molecular flexibility index (Phi) is 5.99. The van der Waals surface area contributed by atoms with Crippen molar-refractivity contribution in [2.24, 2.45) is 9.98 Å². The Labute approximate surface area is 179 Å². The van der Waals surface area contributed by atoms with Gasteiger partial charge in [0, 0.05) is 17.6 Å². The molecule has 0 unspecified atom stereocenters. The Morgan fingerprint density at radius 2 is 1.67 bits per heavy atom. The van der Waals surface area contributed by atoms with Gasteiger partial charge >= 0.3 is 0 Å². The number of thioether (sulfide) groups is 1. The molecule has 0 aliphatic carbocycles. The number of nitrogens with one attached hydrogen (secondary N) is 1. The van der Waals surface area contributed by atoms with Crippen molar-refractivity contribution in [3.8, 4) is 0 Å². The van der Waals surface area contributed by atoms with Crippen LogP contribution in [0, 0.1) is 6.92 Å². The third-order valence-electron chi connectivity index (χ3n) is 4.62. The van der Waals surface area contributed by atoms with Crippen molar-refractivity contribution in [2.75, 3.05) is 5.75 Å². The molecule has 1 amide bonds. The number of benzene rings is 2. The second kappa shape index (κ2) is 9.00. The topological polar surface area (TPSA) is 79.6 Å². The summed E-state index contributed by atoms with van der Waals surface area (Å²) in [7, 11) is 0. The van der Waals surface area contributed by atoms with Gasteiger partial charge in [0.05, 0.1) is 23.0 Å². The summed E-state index contributed by atoms with van der Waals surface area (Å²) in [5.74, 6) is 0.379. The zero-order chi connectivity index (χ0) is 20.9. The van der Waals surface area contributed by atoms with Gasteiger partial charge in [-0.2, -0.15) is 0 Å². The molecule has 6 nitrogen and oxygen atoms in total. The highest BCUT2D eigenvalue weighted by Gasteiger charge is 2.26. The Bertz CT molecular complexity index is 1130. The van der Waals surface area contributed by atoms with Crippen molar-refractivity contribution in [3.05, 3.63) is 78.1 Å².